The van der Waals surface area contributed by atoms with Gasteiger partial charge in [0.25, 0.3) is 5.91 Å². The lowest BCUT2D eigenvalue weighted by Crippen LogP contribution is -2.27. The summed E-state index contributed by atoms with van der Waals surface area (Å²) in [7, 11) is 3.11. The Hall–Kier alpha value is -3.02. The van der Waals surface area contributed by atoms with E-state index in [0.717, 1.165) is 11.3 Å². The second-order valence-corrected chi connectivity index (χ2v) is 5.98. The highest BCUT2D eigenvalue weighted by molar-refractivity contribution is 6.08. The minimum Gasteiger partial charge on any atom is -0.493 e. The molecule has 0 spiro atoms. The molecule has 6 nitrogen and oxygen atoms in total. The minimum atomic E-state index is -0.208. The first-order valence-electron chi connectivity index (χ1n) is 8.54. The highest BCUT2D eigenvalue weighted by Crippen LogP contribution is 2.33. The summed E-state index contributed by atoms with van der Waals surface area (Å²) in [4.78, 5) is 26.6. The topological polar surface area (TPSA) is 67.9 Å². The van der Waals surface area contributed by atoms with Crippen LogP contribution in [-0.4, -0.2) is 32.6 Å². The second-order valence-electron chi connectivity index (χ2n) is 5.98. The Bertz CT molecular complexity index is 848. The molecule has 0 saturated carbocycles. The van der Waals surface area contributed by atoms with Gasteiger partial charge in [-0.1, -0.05) is 13.0 Å². The van der Waals surface area contributed by atoms with Crippen LogP contribution in [0, 0.1) is 0 Å². The molecule has 0 atom stereocenters. The lowest BCUT2D eigenvalue weighted by Gasteiger charge is -2.17. The molecule has 1 aliphatic rings. The second kappa shape index (κ2) is 7.47. The molecule has 0 bridgehead atoms. The maximum absolute atomic E-state index is 12.8. The van der Waals surface area contributed by atoms with E-state index in [2.05, 4.69) is 5.32 Å². The van der Waals surface area contributed by atoms with Gasteiger partial charge in [0.15, 0.2) is 11.5 Å². The predicted molar refractivity (Wildman–Crippen MR) is 100 cm³/mol. The van der Waals surface area contributed by atoms with E-state index in [1.807, 2.05) is 19.1 Å². The fourth-order valence-corrected chi connectivity index (χ4v) is 3.21. The van der Waals surface area contributed by atoms with Crippen molar-refractivity contribution in [3.63, 3.8) is 0 Å². The first kappa shape index (κ1) is 17.8. The van der Waals surface area contributed by atoms with Crippen LogP contribution in [0.25, 0.3) is 0 Å². The quantitative estimate of drug-likeness (QED) is 0.895. The number of carbonyl (C=O) groups is 2. The van der Waals surface area contributed by atoms with Crippen molar-refractivity contribution in [2.45, 2.75) is 19.8 Å². The van der Waals surface area contributed by atoms with Crippen LogP contribution in [0.3, 0.4) is 0 Å². The molecule has 26 heavy (non-hydrogen) atoms. The zero-order valence-electron chi connectivity index (χ0n) is 15.2. The summed E-state index contributed by atoms with van der Waals surface area (Å²) in [5, 5.41) is 2.89. The normalized spacial score (nSPS) is 12.5. The molecular formula is C20H22N2O4. The average Bonchev–Trinajstić information content (AvgIpc) is 3.11. The van der Waals surface area contributed by atoms with Gasteiger partial charge in [-0.2, -0.15) is 0 Å². The SMILES string of the molecule is CCC(=O)N1CCc2c(C(=O)Nc3ccc(OC)c(OC)c3)cccc21. The highest BCUT2D eigenvalue weighted by Gasteiger charge is 2.27. The molecule has 1 aliphatic heterocycles. The Kier molecular flexibility index (Phi) is 5.11. The van der Waals surface area contributed by atoms with Crippen LogP contribution in [0.4, 0.5) is 11.4 Å². The van der Waals surface area contributed by atoms with Gasteiger partial charge < -0.3 is 19.7 Å². The van der Waals surface area contributed by atoms with Gasteiger partial charge in [-0.05, 0) is 36.2 Å². The van der Waals surface area contributed by atoms with E-state index < -0.39 is 0 Å². The number of benzene rings is 2. The zero-order chi connectivity index (χ0) is 18.7. The lowest BCUT2D eigenvalue weighted by molar-refractivity contribution is -0.118. The molecule has 1 heterocycles. The van der Waals surface area contributed by atoms with E-state index in [-0.39, 0.29) is 11.8 Å². The maximum Gasteiger partial charge on any atom is 0.256 e. The molecule has 2 aromatic rings. The van der Waals surface area contributed by atoms with Gasteiger partial charge >= 0.3 is 0 Å². The van der Waals surface area contributed by atoms with Gasteiger partial charge in [0, 0.05) is 36.0 Å². The van der Waals surface area contributed by atoms with E-state index in [1.165, 1.54) is 0 Å². The minimum absolute atomic E-state index is 0.0706. The van der Waals surface area contributed by atoms with Crippen molar-refractivity contribution in [1.29, 1.82) is 0 Å². The number of rotatable bonds is 5. The molecule has 0 radical (unpaired) electrons. The van der Waals surface area contributed by atoms with Gasteiger partial charge in [-0.3, -0.25) is 9.59 Å². The number of carbonyl (C=O) groups excluding carboxylic acids is 2. The summed E-state index contributed by atoms with van der Waals surface area (Å²) in [5.41, 5.74) is 2.94. The molecule has 1 N–H and O–H groups in total. The Morgan fingerprint density at radius 3 is 2.58 bits per heavy atom. The summed E-state index contributed by atoms with van der Waals surface area (Å²) in [6, 6.07) is 10.7. The monoisotopic (exact) mass is 354 g/mol. The number of hydrogen-bond donors (Lipinski definition) is 1. The van der Waals surface area contributed by atoms with Crippen LogP contribution in [0.5, 0.6) is 11.5 Å². The first-order valence-corrected chi connectivity index (χ1v) is 8.54. The van der Waals surface area contributed by atoms with Crippen molar-refractivity contribution in [3.05, 3.63) is 47.5 Å². The van der Waals surface area contributed by atoms with E-state index in [4.69, 9.17) is 9.47 Å². The van der Waals surface area contributed by atoms with Crippen LogP contribution in [0.15, 0.2) is 36.4 Å². The third-order valence-electron chi connectivity index (χ3n) is 4.52. The Labute approximate surface area is 152 Å². The summed E-state index contributed by atoms with van der Waals surface area (Å²) >= 11 is 0. The number of methoxy groups -OCH3 is 2. The van der Waals surface area contributed by atoms with E-state index in [0.29, 0.717) is 42.1 Å². The molecule has 0 unspecified atom stereocenters. The standard InChI is InChI=1S/C20H22N2O4/c1-4-19(23)22-11-10-14-15(6-5-7-16(14)22)20(24)21-13-8-9-17(25-2)18(12-13)26-3/h5-9,12H,4,10-11H2,1-3H3,(H,21,24). The number of nitrogens with one attached hydrogen (secondary N) is 1. The van der Waals surface area contributed by atoms with Gasteiger partial charge in [0.1, 0.15) is 0 Å². The molecule has 136 valence electrons. The molecule has 2 amide bonds. The molecule has 0 aliphatic carbocycles. The largest absolute Gasteiger partial charge is 0.493 e. The van der Waals surface area contributed by atoms with Gasteiger partial charge in [0.05, 0.1) is 14.2 Å². The number of nitrogens with zero attached hydrogens (tertiary/aromatic N) is 1. The van der Waals surface area contributed by atoms with E-state index in [1.54, 1.807) is 43.4 Å². The Morgan fingerprint density at radius 1 is 1.12 bits per heavy atom. The number of anilines is 2. The van der Waals surface area contributed by atoms with Crippen molar-refractivity contribution < 1.29 is 19.1 Å². The molecule has 6 heteroatoms. The Balaban J connectivity index is 1.86. The van der Waals surface area contributed by atoms with Gasteiger partial charge in [0.2, 0.25) is 5.91 Å². The summed E-state index contributed by atoms with van der Waals surface area (Å²) < 4.78 is 10.5. The fraction of sp³-hybridized carbons (Fsp3) is 0.300. The van der Waals surface area contributed by atoms with Crippen molar-refractivity contribution in [1.82, 2.24) is 0 Å². The molecule has 0 fully saturated rings. The fourth-order valence-electron chi connectivity index (χ4n) is 3.21. The molecule has 3 rings (SSSR count). The number of ether oxygens (including phenoxy) is 2. The van der Waals surface area contributed by atoms with Crippen LogP contribution in [-0.2, 0) is 11.2 Å². The third kappa shape index (κ3) is 3.22. The van der Waals surface area contributed by atoms with E-state index in [9.17, 15) is 9.59 Å². The Morgan fingerprint density at radius 2 is 1.88 bits per heavy atom. The summed E-state index contributed by atoms with van der Waals surface area (Å²) in [5.74, 6) is 1.00. The van der Waals surface area contributed by atoms with Crippen LogP contribution >= 0.6 is 0 Å². The zero-order valence-corrected chi connectivity index (χ0v) is 15.2. The third-order valence-corrected chi connectivity index (χ3v) is 4.52. The number of hydrogen-bond acceptors (Lipinski definition) is 4. The van der Waals surface area contributed by atoms with Gasteiger partial charge in [-0.15, -0.1) is 0 Å². The molecular weight excluding hydrogens is 332 g/mol. The highest BCUT2D eigenvalue weighted by atomic mass is 16.5. The van der Waals surface area contributed by atoms with E-state index >= 15 is 0 Å². The molecule has 0 saturated heterocycles. The van der Waals surface area contributed by atoms with Crippen LogP contribution in [0.2, 0.25) is 0 Å². The van der Waals surface area contributed by atoms with Crippen LogP contribution in [0.1, 0.15) is 29.3 Å². The number of fused-ring (bicyclic) bond motifs is 1. The molecule has 2 aromatic carbocycles. The van der Waals surface area contributed by atoms with Gasteiger partial charge in [-0.25, -0.2) is 0 Å². The average molecular weight is 354 g/mol. The van der Waals surface area contributed by atoms with Crippen molar-refractivity contribution in [3.8, 4) is 11.5 Å². The molecule has 0 aromatic heterocycles. The predicted octanol–water partition coefficient (Wildman–Crippen LogP) is 3.26. The van der Waals surface area contributed by atoms with Crippen molar-refractivity contribution in [2.24, 2.45) is 0 Å². The van der Waals surface area contributed by atoms with Crippen LogP contribution < -0.4 is 19.7 Å². The lowest BCUT2D eigenvalue weighted by atomic mass is 10.0. The van der Waals surface area contributed by atoms with Crippen molar-refractivity contribution in [2.75, 3.05) is 31.0 Å². The summed E-state index contributed by atoms with van der Waals surface area (Å²) in [6.45, 7) is 2.45. The maximum atomic E-state index is 12.8. The first-order chi connectivity index (χ1) is 12.6. The number of amides is 2. The smallest absolute Gasteiger partial charge is 0.256 e. The summed E-state index contributed by atoms with van der Waals surface area (Å²) in [6.07, 6.45) is 1.12. The van der Waals surface area contributed by atoms with Crippen molar-refractivity contribution >= 4 is 23.2 Å².